The van der Waals surface area contributed by atoms with Crippen molar-refractivity contribution in [1.29, 1.82) is 0 Å². The minimum Gasteiger partial charge on any atom is -0.543 e. The number of hydrogen-bond donors (Lipinski definition) is 4. The maximum atomic E-state index is 8.93. The summed E-state index contributed by atoms with van der Waals surface area (Å²) in [5.41, 5.74) is 0. The van der Waals surface area contributed by atoms with Crippen LogP contribution in [0.25, 0.3) is 0 Å². The molecular weight excluding hydrogens is 440 g/mol. The molecule has 0 bridgehead atoms. The summed E-state index contributed by atoms with van der Waals surface area (Å²) in [6.07, 6.45) is 16.9. The Morgan fingerprint density at radius 1 is 0.387 bits per heavy atom. The first kappa shape index (κ1) is 32.5. The first-order chi connectivity index (χ1) is 14.6. The zero-order valence-corrected chi connectivity index (χ0v) is 20.2. The van der Waals surface area contributed by atoms with Gasteiger partial charge in [-0.1, -0.05) is 25.7 Å². The van der Waals surface area contributed by atoms with Gasteiger partial charge >= 0.3 is 17.1 Å². The molecule has 0 saturated carbocycles. The van der Waals surface area contributed by atoms with Crippen molar-refractivity contribution in [3.05, 3.63) is 0 Å². The average Bonchev–Trinajstić information content (AvgIpc) is 2.85. The molecule has 0 atom stereocenters. The third kappa shape index (κ3) is 29.3. The number of rotatable bonds is 0. The van der Waals surface area contributed by atoms with Crippen molar-refractivity contribution >= 4 is 11.9 Å². The van der Waals surface area contributed by atoms with Crippen LogP contribution in [0.15, 0.2) is 0 Å². The Morgan fingerprint density at radius 2 is 0.548 bits per heavy atom. The van der Waals surface area contributed by atoms with Crippen LogP contribution in [-0.2, 0) is 26.7 Å². The molecule has 8 nitrogen and oxygen atoms in total. The average molecular weight is 484 g/mol. The normalized spacial score (nSPS) is 20.0. The Bertz CT molecular complexity index is 282. The summed E-state index contributed by atoms with van der Waals surface area (Å²) in [6.45, 7) is 10.0. The summed E-state index contributed by atoms with van der Waals surface area (Å²) in [5, 5.41) is 31.0. The molecule has 0 unspecified atom stereocenters. The monoisotopic (exact) mass is 484 g/mol. The zero-order valence-electron chi connectivity index (χ0n) is 19.1. The van der Waals surface area contributed by atoms with Crippen LogP contribution >= 0.6 is 0 Å². The molecule has 4 heterocycles. The fourth-order valence-corrected chi connectivity index (χ4v) is 3.21. The maximum absolute atomic E-state index is 8.93. The van der Waals surface area contributed by atoms with Gasteiger partial charge < -0.3 is 41.1 Å². The van der Waals surface area contributed by atoms with Crippen molar-refractivity contribution in [3.8, 4) is 0 Å². The summed E-state index contributed by atoms with van der Waals surface area (Å²) < 4.78 is 0. The quantitative estimate of drug-likeness (QED) is 0.268. The third-order valence-corrected chi connectivity index (χ3v) is 5.00. The largest absolute Gasteiger partial charge is 2.00 e. The Morgan fingerprint density at radius 3 is 0.581 bits per heavy atom. The van der Waals surface area contributed by atoms with Gasteiger partial charge in [-0.2, -0.15) is 0 Å². The van der Waals surface area contributed by atoms with Gasteiger partial charge in [0.25, 0.3) is 0 Å². The standard InChI is InChI=1S/4C5H11N.C2H2O4.Fe/c4*1-2-4-6-5-3-1;3-1(4)2(5)6;/h4*6H,1-5H2;(H,3,4)(H,5,6);/q;;;;;+2/p-2. The van der Waals surface area contributed by atoms with Gasteiger partial charge in [0.05, 0.1) is 11.9 Å². The number of nitrogens with one attached hydrogen (secondary N) is 4. The van der Waals surface area contributed by atoms with Gasteiger partial charge in [-0.05, 0) is 104 Å². The van der Waals surface area contributed by atoms with Crippen LogP contribution in [0.4, 0.5) is 0 Å². The maximum Gasteiger partial charge on any atom is 2.00 e. The SMILES string of the molecule is C1CCNCC1.C1CCNCC1.C1CCNCC1.C1CCNCC1.O=C([O-])C(=O)[O-].[Fe+2]. The van der Waals surface area contributed by atoms with Crippen LogP contribution in [0.5, 0.6) is 0 Å². The van der Waals surface area contributed by atoms with E-state index in [1.54, 1.807) is 0 Å². The molecule has 4 saturated heterocycles. The van der Waals surface area contributed by atoms with E-state index in [2.05, 4.69) is 21.3 Å². The molecule has 0 aromatic rings. The van der Waals surface area contributed by atoms with E-state index in [-0.39, 0.29) is 17.1 Å². The number of aliphatic carboxylic acids is 2. The summed E-state index contributed by atoms with van der Waals surface area (Å²) in [7, 11) is 0. The van der Waals surface area contributed by atoms with Crippen LogP contribution in [0.1, 0.15) is 77.0 Å². The molecule has 4 rings (SSSR count). The molecule has 4 N–H and O–H groups in total. The molecule has 0 spiro atoms. The number of piperidine rings is 4. The second-order valence-electron chi connectivity index (χ2n) is 7.82. The van der Waals surface area contributed by atoms with Crippen LogP contribution in [-0.4, -0.2) is 64.3 Å². The molecule has 0 aromatic heterocycles. The Balaban J connectivity index is 0. The predicted molar refractivity (Wildman–Crippen MR) is 117 cm³/mol. The number of carbonyl (C=O) groups is 2. The number of carboxylic acid groups (broad SMARTS) is 2. The molecular formula is C22H44FeN4O4. The van der Waals surface area contributed by atoms with E-state index in [4.69, 9.17) is 19.8 Å². The fraction of sp³-hybridized carbons (Fsp3) is 0.909. The van der Waals surface area contributed by atoms with E-state index in [1.807, 2.05) is 0 Å². The number of hydrogen-bond acceptors (Lipinski definition) is 8. The van der Waals surface area contributed by atoms with Crippen LogP contribution in [0.2, 0.25) is 0 Å². The van der Waals surface area contributed by atoms with Gasteiger partial charge in [0.1, 0.15) is 0 Å². The minimum absolute atomic E-state index is 0. The van der Waals surface area contributed by atoms with E-state index in [0.717, 1.165) is 0 Å². The number of carboxylic acids is 2. The van der Waals surface area contributed by atoms with Gasteiger partial charge in [0, 0.05) is 0 Å². The van der Waals surface area contributed by atoms with Gasteiger partial charge in [-0.3, -0.25) is 0 Å². The second-order valence-corrected chi connectivity index (χ2v) is 7.82. The van der Waals surface area contributed by atoms with Crippen LogP contribution < -0.4 is 31.5 Å². The number of carbonyl (C=O) groups excluding carboxylic acids is 2. The Hall–Kier alpha value is -0.701. The predicted octanol–water partition coefficient (Wildman–Crippen LogP) is -0.477. The van der Waals surface area contributed by atoms with Gasteiger partial charge in [0.15, 0.2) is 0 Å². The molecule has 9 heteroatoms. The van der Waals surface area contributed by atoms with Crippen molar-refractivity contribution in [2.45, 2.75) is 77.0 Å². The van der Waals surface area contributed by atoms with E-state index in [9.17, 15) is 0 Å². The van der Waals surface area contributed by atoms with Crippen molar-refractivity contribution in [2.75, 3.05) is 52.4 Å². The van der Waals surface area contributed by atoms with Crippen molar-refractivity contribution < 1.29 is 36.9 Å². The smallest absolute Gasteiger partial charge is 0.543 e. The first-order valence-corrected chi connectivity index (χ1v) is 11.9. The molecule has 31 heavy (non-hydrogen) atoms. The minimum atomic E-state index is -2.19. The summed E-state index contributed by atoms with van der Waals surface area (Å²) in [5.74, 6) is -4.37. The Labute approximate surface area is 199 Å². The van der Waals surface area contributed by atoms with Gasteiger partial charge in [-0.25, -0.2) is 0 Å². The zero-order chi connectivity index (χ0) is 22.1. The first-order valence-electron chi connectivity index (χ1n) is 11.9. The molecule has 4 aliphatic heterocycles. The molecule has 0 radical (unpaired) electrons. The molecule has 184 valence electrons. The van der Waals surface area contributed by atoms with E-state index in [0.29, 0.717) is 0 Å². The molecule has 4 aliphatic rings. The summed E-state index contributed by atoms with van der Waals surface area (Å²) in [4.78, 5) is 17.9. The second kappa shape index (κ2) is 27.3. The van der Waals surface area contributed by atoms with E-state index < -0.39 is 11.9 Å². The molecule has 0 aromatic carbocycles. The summed E-state index contributed by atoms with van der Waals surface area (Å²) >= 11 is 0. The molecule has 4 fully saturated rings. The van der Waals surface area contributed by atoms with Crippen LogP contribution in [0.3, 0.4) is 0 Å². The van der Waals surface area contributed by atoms with Crippen molar-refractivity contribution in [1.82, 2.24) is 21.3 Å². The topological polar surface area (TPSA) is 128 Å². The Kier molecular flexibility index (Phi) is 28.6. The van der Waals surface area contributed by atoms with E-state index >= 15 is 0 Å². The van der Waals surface area contributed by atoms with Crippen molar-refractivity contribution in [2.24, 2.45) is 0 Å². The van der Waals surface area contributed by atoms with Crippen molar-refractivity contribution in [3.63, 3.8) is 0 Å². The van der Waals surface area contributed by atoms with Gasteiger partial charge in [-0.15, -0.1) is 0 Å². The molecule has 0 amide bonds. The summed E-state index contributed by atoms with van der Waals surface area (Å²) in [6, 6.07) is 0. The third-order valence-electron chi connectivity index (χ3n) is 5.00. The molecule has 0 aliphatic carbocycles. The fourth-order valence-electron chi connectivity index (χ4n) is 3.21. The van der Waals surface area contributed by atoms with Crippen LogP contribution in [0, 0.1) is 0 Å². The van der Waals surface area contributed by atoms with Gasteiger partial charge in [0.2, 0.25) is 0 Å². The van der Waals surface area contributed by atoms with E-state index in [1.165, 1.54) is 129 Å².